The maximum Gasteiger partial charge on any atom is 2.00 e. The predicted octanol–water partition coefficient (Wildman–Crippen LogP) is 0.192. The molecule has 0 saturated carbocycles. The molecule has 0 heterocycles. The Morgan fingerprint density at radius 3 is 1.45 bits per heavy atom. The summed E-state index contributed by atoms with van der Waals surface area (Å²) < 4.78 is 32.8. The Morgan fingerprint density at radius 1 is 0.950 bits per heavy atom. The quantitative estimate of drug-likeness (QED) is 0.211. The Hall–Kier alpha value is 2.09. The van der Waals surface area contributed by atoms with Crippen LogP contribution in [0.1, 0.15) is 71.1 Å². The molecule has 0 amide bonds. The van der Waals surface area contributed by atoms with Crippen molar-refractivity contribution < 1.29 is 52.6 Å². The number of hydrogen-bond donors (Lipinski definition) is 1. The molecular formula is C12H27CaNaO5S. The van der Waals surface area contributed by atoms with Gasteiger partial charge in [-0.05, 0) is 0 Å². The number of rotatable bonds is 9. The van der Waals surface area contributed by atoms with E-state index in [2.05, 4.69) is 13.8 Å². The van der Waals surface area contributed by atoms with E-state index in [-0.39, 0.29) is 72.8 Å². The molecule has 114 valence electrons. The van der Waals surface area contributed by atoms with Gasteiger partial charge in [0.2, 0.25) is 10.4 Å². The van der Waals surface area contributed by atoms with E-state index in [0.717, 1.165) is 6.42 Å². The van der Waals surface area contributed by atoms with Crippen LogP contribution >= 0.6 is 0 Å². The molecule has 0 aromatic heterocycles. The molecular weight excluding hydrogens is 319 g/mol. The van der Waals surface area contributed by atoms with E-state index in [4.69, 9.17) is 17.5 Å². The van der Waals surface area contributed by atoms with E-state index in [1.165, 1.54) is 57.8 Å². The summed E-state index contributed by atoms with van der Waals surface area (Å²) in [5.74, 6) is 0. The van der Waals surface area contributed by atoms with E-state index >= 15 is 0 Å². The van der Waals surface area contributed by atoms with Crippen molar-refractivity contribution in [2.24, 2.45) is 0 Å². The molecule has 0 spiro atoms. The first-order chi connectivity index (χ1) is 7.91. The molecule has 0 saturated heterocycles. The third-order valence-corrected chi connectivity index (χ3v) is 2.35. The molecule has 0 aromatic carbocycles. The van der Waals surface area contributed by atoms with Crippen LogP contribution in [-0.4, -0.2) is 60.7 Å². The largest absolute Gasteiger partial charge is 2.00 e. The van der Waals surface area contributed by atoms with Crippen molar-refractivity contribution in [3.8, 4) is 0 Å². The fraction of sp³-hybridized carbons (Fsp3) is 0.917. The van der Waals surface area contributed by atoms with Crippen molar-refractivity contribution in [1.82, 2.24) is 0 Å². The summed E-state index contributed by atoms with van der Waals surface area (Å²) in [4.78, 5) is 0. The van der Waals surface area contributed by atoms with Gasteiger partial charge in [0.1, 0.15) is 0 Å². The zero-order valence-corrected chi connectivity index (χ0v) is 18.0. The molecule has 0 radical (unpaired) electrons. The summed E-state index contributed by atoms with van der Waals surface area (Å²) in [7, 11) is -4.92. The van der Waals surface area contributed by atoms with E-state index in [1.54, 1.807) is 0 Å². The maximum absolute atomic E-state index is 8.63. The molecule has 0 unspecified atom stereocenters. The Kier molecular flexibility index (Phi) is 43.8. The monoisotopic (exact) mass is 346 g/mol. The van der Waals surface area contributed by atoms with E-state index in [9.17, 15) is 0 Å². The standard InChI is InChI=1S/C12H25.Ca.Na.H2O4S.H2O/c1-3-5-7-9-11-12-10-8-6-4-2;;;1-5(2,3)4;/h1,3-12H2,2H3;;;(H2,1,2,3,4);1H2/q-1;+2;+1;;/p-2. The molecule has 0 aliphatic rings. The average Bonchev–Trinajstić information content (AvgIpc) is 2.20. The summed E-state index contributed by atoms with van der Waals surface area (Å²) in [6.07, 6.45) is 13.9. The molecule has 0 aliphatic heterocycles. The third-order valence-electron chi connectivity index (χ3n) is 2.35. The van der Waals surface area contributed by atoms with E-state index < -0.39 is 10.4 Å². The first-order valence-corrected chi connectivity index (χ1v) is 7.75. The van der Waals surface area contributed by atoms with Crippen molar-refractivity contribution in [1.29, 1.82) is 0 Å². The average molecular weight is 346 g/mol. The summed E-state index contributed by atoms with van der Waals surface area (Å²) in [5.41, 5.74) is 0. The van der Waals surface area contributed by atoms with E-state index in [1.807, 2.05) is 0 Å². The van der Waals surface area contributed by atoms with Gasteiger partial charge in [-0.15, -0.1) is 0 Å². The molecule has 0 bridgehead atoms. The Labute approximate surface area is 176 Å². The minimum atomic E-state index is -4.92. The third kappa shape index (κ3) is 59.5. The van der Waals surface area contributed by atoms with E-state index in [0.29, 0.717) is 0 Å². The second kappa shape index (κ2) is 26.0. The van der Waals surface area contributed by atoms with Crippen LogP contribution in [0.3, 0.4) is 0 Å². The number of hydrogen-bond acceptors (Lipinski definition) is 4. The van der Waals surface area contributed by atoms with Crippen LogP contribution < -0.4 is 29.6 Å². The normalized spacial score (nSPS) is 9.20. The smallest absolute Gasteiger partial charge is 0.870 e. The second-order valence-electron chi connectivity index (χ2n) is 4.11. The SMILES string of the molecule is O=S(=O)([O-])O.[CH2-]CCCCCCCCCCC.[Ca+2].[Na+].[OH-]. The fourth-order valence-corrected chi connectivity index (χ4v) is 1.49. The van der Waals surface area contributed by atoms with Crippen LogP contribution in [0.4, 0.5) is 0 Å². The Morgan fingerprint density at radius 2 is 1.20 bits per heavy atom. The van der Waals surface area contributed by atoms with Crippen LogP contribution in [0.5, 0.6) is 0 Å². The van der Waals surface area contributed by atoms with Crippen molar-refractivity contribution >= 4 is 48.1 Å². The summed E-state index contributed by atoms with van der Waals surface area (Å²) in [5, 5.41) is 0. The molecule has 0 atom stereocenters. The van der Waals surface area contributed by atoms with Crippen LogP contribution in [0.25, 0.3) is 0 Å². The van der Waals surface area contributed by atoms with Gasteiger partial charge in [0.25, 0.3) is 0 Å². The van der Waals surface area contributed by atoms with Crippen molar-refractivity contribution in [3.63, 3.8) is 0 Å². The van der Waals surface area contributed by atoms with Gasteiger partial charge in [-0.25, -0.2) is 8.42 Å². The van der Waals surface area contributed by atoms with Crippen LogP contribution in [0.2, 0.25) is 0 Å². The van der Waals surface area contributed by atoms with Crippen LogP contribution in [0.15, 0.2) is 0 Å². The molecule has 8 heteroatoms. The van der Waals surface area contributed by atoms with Gasteiger partial charge in [-0.1, -0.05) is 64.7 Å². The second-order valence-corrected chi connectivity index (χ2v) is 4.97. The van der Waals surface area contributed by atoms with Gasteiger partial charge in [0, 0.05) is 0 Å². The molecule has 2 N–H and O–H groups in total. The molecule has 0 fully saturated rings. The Balaban J connectivity index is -0.0000000821. The molecule has 0 aromatic rings. The van der Waals surface area contributed by atoms with Gasteiger partial charge < -0.3 is 17.0 Å². The zero-order valence-electron chi connectivity index (χ0n) is 13.0. The Bertz CT molecular complexity index is 220. The first kappa shape index (κ1) is 33.6. The van der Waals surface area contributed by atoms with Gasteiger partial charge in [-0.3, -0.25) is 4.55 Å². The minimum Gasteiger partial charge on any atom is -0.870 e. The molecule has 20 heavy (non-hydrogen) atoms. The van der Waals surface area contributed by atoms with Crippen molar-refractivity contribution in [2.45, 2.75) is 71.1 Å². The summed E-state index contributed by atoms with van der Waals surface area (Å²) in [6, 6.07) is 0. The van der Waals surface area contributed by atoms with Crippen LogP contribution in [-0.2, 0) is 10.4 Å². The molecule has 0 rings (SSSR count). The topological polar surface area (TPSA) is 107 Å². The molecule has 0 aliphatic carbocycles. The number of unbranched alkanes of at least 4 members (excludes halogenated alkanes) is 9. The van der Waals surface area contributed by atoms with Gasteiger partial charge in [-0.2, -0.15) is 6.42 Å². The minimum absolute atomic E-state index is 0. The van der Waals surface area contributed by atoms with Crippen molar-refractivity contribution in [3.05, 3.63) is 6.92 Å². The summed E-state index contributed by atoms with van der Waals surface area (Å²) in [6.45, 7) is 6.12. The molecule has 5 nitrogen and oxygen atoms in total. The van der Waals surface area contributed by atoms with Gasteiger partial charge in [0.15, 0.2) is 0 Å². The summed E-state index contributed by atoms with van der Waals surface area (Å²) >= 11 is 0. The van der Waals surface area contributed by atoms with Gasteiger partial charge >= 0.3 is 67.3 Å². The van der Waals surface area contributed by atoms with Crippen LogP contribution in [0, 0.1) is 6.92 Å². The zero-order chi connectivity index (χ0) is 13.6. The maximum atomic E-state index is 8.63. The fourth-order valence-electron chi connectivity index (χ4n) is 1.49. The first-order valence-electron chi connectivity index (χ1n) is 6.39. The predicted molar refractivity (Wildman–Crippen MR) is 77.2 cm³/mol. The van der Waals surface area contributed by atoms with Crippen molar-refractivity contribution in [2.75, 3.05) is 0 Å². The van der Waals surface area contributed by atoms with Gasteiger partial charge in [0.05, 0.1) is 0 Å².